The number of aryl methyl sites for hydroxylation is 3. The second-order valence-corrected chi connectivity index (χ2v) is 9.19. The van der Waals surface area contributed by atoms with Crippen molar-refractivity contribution in [2.45, 2.75) is 38.5 Å². The highest BCUT2D eigenvalue weighted by molar-refractivity contribution is 5.84. The van der Waals surface area contributed by atoms with Gasteiger partial charge in [-0.15, -0.1) is 13.2 Å². The highest BCUT2D eigenvalue weighted by Gasteiger charge is 2.32. The van der Waals surface area contributed by atoms with E-state index in [1.807, 2.05) is 0 Å². The van der Waals surface area contributed by atoms with E-state index in [1.54, 1.807) is 30.3 Å². The average molecular weight is 551 g/mol. The summed E-state index contributed by atoms with van der Waals surface area (Å²) in [6.45, 7) is 0.361. The molecule has 0 aromatic heterocycles. The number of hydrogen-bond acceptors (Lipinski definition) is 2. The van der Waals surface area contributed by atoms with Crippen molar-refractivity contribution in [1.29, 1.82) is 0 Å². The highest BCUT2D eigenvalue weighted by atomic mass is 19.4. The first kappa shape index (κ1) is 28.4. The molecule has 39 heavy (non-hydrogen) atoms. The first-order valence-electron chi connectivity index (χ1n) is 12.2. The van der Waals surface area contributed by atoms with Gasteiger partial charge in [-0.05, 0) is 84.0 Å². The molecular weight excluding hydrogens is 525 g/mol. The van der Waals surface area contributed by atoms with Crippen LogP contribution >= 0.6 is 0 Å². The monoisotopic (exact) mass is 550 g/mol. The molecule has 4 rings (SSSR count). The van der Waals surface area contributed by atoms with Crippen LogP contribution in [-0.2, 0) is 36.8 Å². The summed E-state index contributed by atoms with van der Waals surface area (Å²) in [6.07, 6.45) is -3.71. The van der Waals surface area contributed by atoms with Crippen molar-refractivity contribution in [2.24, 2.45) is 0 Å². The molecule has 0 amide bonds. The molecule has 0 aliphatic heterocycles. The minimum atomic E-state index is -5.00. The number of rotatable bonds is 10. The van der Waals surface area contributed by atoms with Gasteiger partial charge in [0.25, 0.3) is 0 Å². The fourth-order valence-corrected chi connectivity index (χ4v) is 4.45. The molecule has 0 spiro atoms. The molecule has 206 valence electrons. The van der Waals surface area contributed by atoms with Gasteiger partial charge < -0.3 is 9.47 Å². The van der Waals surface area contributed by atoms with Crippen LogP contribution < -0.4 is 4.74 Å². The maximum atomic E-state index is 15.2. The Kier molecular flexibility index (Phi) is 8.80. The molecule has 0 aliphatic rings. The third kappa shape index (κ3) is 7.29. The Morgan fingerprint density at radius 3 is 1.95 bits per heavy atom. The van der Waals surface area contributed by atoms with E-state index in [0.29, 0.717) is 46.9 Å². The highest BCUT2D eigenvalue weighted by Crippen LogP contribution is 2.28. The van der Waals surface area contributed by atoms with E-state index in [2.05, 4.69) is 4.74 Å². The van der Waals surface area contributed by atoms with Gasteiger partial charge in [-0.1, -0.05) is 36.4 Å². The summed E-state index contributed by atoms with van der Waals surface area (Å²) in [5, 5.41) is 0.973. The predicted molar refractivity (Wildman–Crippen MR) is 134 cm³/mol. The van der Waals surface area contributed by atoms with E-state index in [4.69, 9.17) is 4.74 Å². The Labute approximate surface area is 221 Å². The molecule has 0 atom stereocenters. The van der Waals surface area contributed by atoms with Gasteiger partial charge in [0.15, 0.2) is 11.6 Å². The Bertz CT molecular complexity index is 1440. The molecule has 0 unspecified atom stereocenters. The second-order valence-electron chi connectivity index (χ2n) is 9.19. The Morgan fingerprint density at radius 1 is 0.641 bits per heavy atom. The number of methoxy groups -OCH3 is 1. The largest absolute Gasteiger partial charge is 0.573 e. The first-order chi connectivity index (χ1) is 18.5. The summed E-state index contributed by atoms with van der Waals surface area (Å²) < 4.78 is 104. The SMILES string of the molecule is COCCc1cc(F)c(CCc2ccc3c(F)c(CCc4ccc(OC(F)(F)F)c(F)c4)ccc3c2)c(F)c1. The zero-order valence-corrected chi connectivity index (χ0v) is 21.0. The average Bonchev–Trinajstić information content (AvgIpc) is 2.87. The smallest absolute Gasteiger partial charge is 0.403 e. The van der Waals surface area contributed by atoms with Gasteiger partial charge >= 0.3 is 6.36 Å². The van der Waals surface area contributed by atoms with Crippen LogP contribution in [0.1, 0.15) is 27.8 Å². The van der Waals surface area contributed by atoms with Gasteiger partial charge in [-0.3, -0.25) is 0 Å². The lowest BCUT2D eigenvalue weighted by Crippen LogP contribution is -2.18. The number of fused-ring (bicyclic) bond motifs is 1. The lowest BCUT2D eigenvalue weighted by atomic mass is 9.96. The number of ether oxygens (including phenoxy) is 2. The molecule has 4 aromatic rings. The summed E-state index contributed by atoms with van der Waals surface area (Å²) in [4.78, 5) is 0. The fourth-order valence-electron chi connectivity index (χ4n) is 4.45. The maximum Gasteiger partial charge on any atom is 0.573 e. The van der Waals surface area contributed by atoms with Crippen molar-refractivity contribution in [3.8, 4) is 5.75 Å². The van der Waals surface area contributed by atoms with Gasteiger partial charge in [0.1, 0.15) is 17.5 Å². The van der Waals surface area contributed by atoms with E-state index < -0.39 is 35.4 Å². The molecule has 0 N–H and O–H groups in total. The third-order valence-corrected chi connectivity index (χ3v) is 6.46. The number of hydrogen-bond donors (Lipinski definition) is 0. The number of benzene rings is 4. The normalized spacial score (nSPS) is 11.8. The van der Waals surface area contributed by atoms with Crippen molar-refractivity contribution in [3.63, 3.8) is 0 Å². The van der Waals surface area contributed by atoms with Crippen molar-refractivity contribution in [3.05, 3.63) is 112 Å². The summed E-state index contributed by atoms with van der Waals surface area (Å²) in [6, 6.07) is 14.1. The summed E-state index contributed by atoms with van der Waals surface area (Å²) >= 11 is 0. The van der Waals surface area contributed by atoms with Crippen LogP contribution in [0.5, 0.6) is 5.75 Å². The topological polar surface area (TPSA) is 18.5 Å². The van der Waals surface area contributed by atoms with E-state index in [1.165, 1.54) is 25.3 Å². The minimum Gasteiger partial charge on any atom is -0.403 e. The van der Waals surface area contributed by atoms with Crippen LogP contribution in [0.15, 0.2) is 60.7 Å². The van der Waals surface area contributed by atoms with Crippen LogP contribution in [0, 0.1) is 23.3 Å². The zero-order chi connectivity index (χ0) is 28.2. The van der Waals surface area contributed by atoms with Crippen LogP contribution in [0.25, 0.3) is 10.8 Å². The molecule has 0 radical (unpaired) electrons. The Hall–Kier alpha value is -3.59. The third-order valence-electron chi connectivity index (χ3n) is 6.46. The molecule has 0 saturated heterocycles. The Morgan fingerprint density at radius 2 is 1.28 bits per heavy atom. The van der Waals surface area contributed by atoms with Crippen LogP contribution in [0.4, 0.5) is 30.7 Å². The molecule has 0 saturated carbocycles. The quantitative estimate of drug-likeness (QED) is 0.186. The molecular formula is C30H25F7O2. The Balaban J connectivity index is 1.43. The number of alkyl halides is 3. The summed E-state index contributed by atoms with van der Waals surface area (Å²) in [5.41, 5.74) is 2.05. The lowest BCUT2D eigenvalue weighted by Gasteiger charge is -2.12. The molecule has 0 bridgehead atoms. The molecule has 9 heteroatoms. The van der Waals surface area contributed by atoms with Gasteiger partial charge in [0.05, 0.1) is 6.61 Å². The van der Waals surface area contributed by atoms with Crippen LogP contribution in [-0.4, -0.2) is 20.1 Å². The summed E-state index contributed by atoms with van der Waals surface area (Å²) in [5.74, 6) is -3.76. The van der Waals surface area contributed by atoms with Crippen LogP contribution in [0.2, 0.25) is 0 Å². The van der Waals surface area contributed by atoms with Gasteiger partial charge in [0.2, 0.25) is 0 Å². The minimum absolute atomic E-state index is 0.00719. The molecule has 0 aliphatic carbocycles. The van der Waals surface area contributed by atoms with Gasteiger partial charge in [-0.2, -0.15) is 0 Å². The fraction of sp³-hybridized carbons (Fsp3) is 0.267. The van der Waals surface area contributed by atoms with Gasteiger partial charge in [-0.25, -0.2) is 17.6 Å². The molecule has 0 fully saturated rings. The van der Waals surface area contributed by atoms with E-state index in [0.717, 1.165) is 17.7 Å². The van der Waals surface area contributed by atoms with E-state index in [9.17, 15) is 26.3 Å². The van der Waals surface area contributed by atoms with Crippen molar-refractivity contribution in [1.82, 2.24) is 0 Å². The standard InChI is InChI=1S/C30H25F7O2/c1-38-13-12-20-16-25(31)24(26(32)17-20)10-4-18-3-9-23-22(14-18)8-7-21(29(23)34)6-2-19-5-11-28(27(33)15-19)39-30(35,36)37/h3,5,7-9,11,14-17H,2,4,6,10,12-13H2,1H3. The lowest BCUT2D eigenvalue weighted by molar-refractivity contribution is -0.275. The second kappa shape index (κ2) is 12.1. The zero-order valence-electron chi connectivity index (χ0n) is 21.0. The van der Waals surface area contributed by atoms with Crippen molar-refractivity contribution >= 4 is 10.8 Å². The molecule has 2 nitrogen and oxygen atoms in total. The maximum absolute atomic E-state index is 15.2. The van der Waals surface area contributed by atoms with E-state index >= 15 is 4.39 Å². The van der Waals surface area contributed by atoms with Crippen molar-refractivity contribution in [2.75, 3.05) is 13.7 Å². The first-order valence-corrected chi connectivity index (χ1v) is 12.2. The summed E-state index contributed by atoms with van der Waals surface area (Å²) in [7, 11) is 1.52. The van der Waals surface area contributed by atoms with E-state index in [-0.39, 0.29) is 24.8 Å². The molecule has 4 aromatic carbocycles. The van der Waals surface area contributed by atoms with Crippen molar-refractivity contribution < 1.29 is 40.2 Å². The predicted octanol–water partition coefficient (Wildman–Crippen LogP) is 8.05. The van der Waals surface area contributed by atoms with Gasteiger partial charge in [0, 0.05) is 18.1 Å². The van der Waals surface area contributed by atoms with Crippen LogP contribution in [0.3, 0.4) is 0 Å². The molecule has 0 heterocycles. The number of halogens is 7.